The van der Waals surface area contributed by atoms with Crippen molar-refractivity contribution >= 4 is 13.5 Å². The number of carbonyl (C=O) groups excluding carboxylic acids is 1. The van der Waals surface area contributed by atoms with Gasteiger partial charge in [-0.3, -0.25) is 14.3 Å². The van der Waals surface area contributed by atoms with Gasteiger partial charge in [-0.1, -0.05) is 84.4 Å². The van der Waals surface area contributed by atoms with Crippen molar-refractivity contribution in [2.24, 2.45) is 0 Å². The van der Waals surface area contributed by atoms with Crippen LogP contribution in [-0.4, -0.2) is 36.8 Å². The Hall–Kier alpha value is -3.77. The van der Waals surface area contributed by atoms with E-state index in [0.717, 1.165) is 28.1 Å². The van der Waals surface area contributed by atoms with E-state index in [4.69, 9.17) is 14.2 Å². The zero-order valence-electron chi connectivity index (χ0n) is 23.2. The summed E-state index contributed by atoms with van der Waals surface area (Å²) in [5.41, 5.74) is 6.33. The van der Waals surface area contributed by atoms with Crippen molar-refractivity contribution in [2.75, 3.05) is 19.8 Å². The minimum absolute atomic E-state index is 0.241. The fourth-order valence-corrected chi connectivity index (χ4v) is 6.33. The number of nitrogens with zero attached hydrogens (tertiary/aromatic N) is 1. The fraction of sp³-hybridized carbons (Fsp3) is 0.250. The molecule has 0 saturated carbocycles. The molecule has 0 spiro atoms. The number of benzene rings is 3. The lowest BCUT2D eigenvalue weighted by atomic mass is 9.98. The standard InChI is InChI=1S/C32H36N3O4P/c1-24-15-17-26(18-16-24)30-20-19-28(34-31(30)27-11-6-4-7-12-27)23-33-21-10-22-40(37,35-25(2)32(36)38-3)39-29-13-8-5-9-14-29/h4-9,11-20,25,33H,10,21-23H2,1-3H3,(H,35,37). The average Bonchev–Trinajstić information content (AvgIpc) is 2.98. The first-order valence-electron chi connectivity index (χ1n) is 13.4. The van der Waals surface area contributed by atoms with Crippen molar-refractivity contribution in [1.29, 1.82) is 0 Å². The number of ether oxygens (including phenoxy) is 1. The molecule has 0 amide bonds. The number of para-hydroxylation sites is 1. The molecular weight excluding hydrogens is 521 g/mol. The van der Waals surface area contributed by atoms with Crippen LogP contribution in [0.2, 0.25) is 0 Å². The van der Waals surface area contributed by atoms with Gasteiger partial charge in [0.15, 0.2) is 0 Å². The number of nitrogens with one attached hydrogen (secondary N) is 2. The Morgan fingerprint density at radius 2 is 1.57 bits per heavy atom. The minimum atomic E-state index is -3.38. The molecule has 4 aromatic rings. The molecular formula is C32H36N3O4P. The molecule has 208 valence electrons. The number of esters is 1. The van der Waals surface area contributed by atoms with Crippen molar-refractivity contribution in [2.45, 2.75) is 32.9 Å². The number of pyridine rings is 1. The Kier molecular flexibility index (Phi) is 10.3. The topological polar surface area (TPSA) is 89.5 Å². The first-order valence-corrected chi connectivity index (χ1v) is 15.2. The van der Waals surface area contributed by atoms with Crippen molar-refractivity contribution in [3.05, 3.63) is 108 Å². The second-order valence-electron chi connectivity index (χ2n) is 9.64. The highest BCUT2D eigenvalue weighted by atomic mass is 31.2. The summed E-state index contributed by atoms with van der Waals surface area (Å²) in [5.74, 6) is -0.0148. The molecule has 2 atom stereocenters. The average molecular weight is 558 g/mol. The molecule has 3 aromatic carbocycles. The summed E-state index contributed by atoms with van der Waals surface area (Å²) in [6, 6.07) is 31.0. The third-order valence-electron chi connectivity index (χ3n) is 6.42. The maximum Gasteiger partial charge on any atom is 0.323 e. The second-order valence-corrected chi connectivity index (χ2v) is 11.9. The smallest absolute Gasteiger partial charge is 0.323 e. The van der Waals surface area contributed by atoms with Gasteiger partial charge >= 0.3 is 13.5 Å². The van der Waals surface area contributed by atoms with Gasteiger partial charge in [-0.15, -0.1) is 0 Å². The van der Waals surface area contributed by atoms with Gasteiger partial charge < -0.3 is 14.6 Å². The lowest BCUT2D eigenvalue weighted by Gasteiger charge is -2.23. The van der Waals surface area contributed by atoms with E-state index in [9.17, 15) is 9.36 Å². The molecule has 8 heteroatoms. The first kappa shape index (κ1) is 29.2. The monoisotopic (exact) mass is 557 g/mol. The van der Waals surface area contributed by atoms with Crippen LogP contribution in [0.1, 0.15) is 24.6 Å². The lowest BCUT2D eigenvalue weighted by molar-refractivity contribution is -0.142. The quantitative estimate of drug-likeness (QED) is 0.108. The molecule has 0 aliphatic heterocycles. The summed E-state index contributed by atoms with van der Waals surface area (Å²) in [4.78, 5) is 17.0. The van der Waals surface area contributed by atoms with Gasteiger partial charge in [0.2, 0.25) is 0 Å². The minimum Gasteiger partial charge on any atom is -0.468 e. The summed E-state index contributed by atoms with van der Waals surface area (Å²) in [6.07, 6.45) is 0.809. The van der Waals surface area contributed by atoms with E-state index in [2.05, 4.69) is 59.8 Å². The van der Waals surface area contributed by atoms with Crippen LogP contribution in [0.25, 0.3) is 22.4 Å². The molecule has 0 fully saturated rings. The molecule has 2 N–H and O–H groups in total. The Bertz CT molecular complexity index is 1430. The summed E-state index contributed by atoms with van der Waals surface area (Å²) in [6.45, 7) is 4.85. The fourth-order valence-electron chi connectivity index (χ4n) is 4.32. The molecule has 0 saturated heterocycles. The van der Waals surface area contributed by atoms with Crippen molar-refractivity contribution in [3.8, 4) is 28.1 Å². The number of aryl methyl sites for hydroxylation is 1. The highest BCUT2D eigenvalue weighted by Crippen LogP contribution is 2.44. The third kappa shape index (κ3) is 8.12. The third-order valence-corrected chi connectivity index (χ3v) is 8.61. The number of methoxy groups -OCH3 is 1. The van der Waals surface area contributed by atoms with Gasteiger partial charge in [0.1, 0.15) is 11.8 Å². The van der Waals surface area contributed by atoms with Gasteiger partial charge in [0.25, 0.3) is 0 Å². The summed E-state index contributed by atoms with van der Waals surface area (Å²) < 4.78 is 24.3. The van der Waals surface area contributed by atoms with Crippen LogP contribution in [-0.2, 0) is 20.6 Å². The number of rotatable bonds is 13. The second kappa shape index (κ2) is 14.0. The van der Waals surface area contributed by atoms with Crippen LogP contribution >= 0.6 is 7.52 Å². The number of hydrogen-bond donors (Lipinski definition) is 2. The molecule has 4 rings (SSSR count). The van der Waals surface area contributed by atoms with E-state index in [1.165, 1.54) is 12.7 Å². The van der Waals surface area contributed by atoms with Crippen molar-refractivity contribution < 1.29 is 18.6 Å². The molecule has 0 aliphatic carbocycles. The van der Waals surface area contributed by atoms with Gasteiger partial charge in [-0.25, -0.2) is 5.09 Å². The Morgan fingerprint density at radius 1 is 0.900 bits per heavy atom. The van der Waals surface area contributed by atoms with Crippen molar-refractivity contribution in [3.63, 3.8) is 0 Å². The number of aromatic nitrogens is 1. The van der Waals surface area contributed by atoms with Gasteiger partial charge in [-0.2, -0.15) is 0 Å². The van der Waals surface area contributed by atoms with E-state index in [0.29, 0.717) is 25.3 Å². The van der Waals surface area contributed by atoms with Gasteiger partial charge in [-0.05, 0) is 50.6 Å². The zero-order chi connectivity index (χ0) is 28.4. The van der Waals surface area contributed by atoms with Crippen molar-refractivity contribution in [1.82, 2.24) is 15.4 Å². The Labute approximate surface area is 236 Å². The maximum absolute atomic E-state index is 13.7. The Balaban J connectivity index is 1.41. The molecule has 40 heavy (non-hydrogen) atoms. The van der Waals surface area contributed by atoms with Crippen LogP contribution in [0.4, 0.5) is 0 Å². The van der Waals surface area contributed by atoms with Gasteiger partial charge in [0, 0.05) is 17.7 Å². The molecule has 2 unspecified atom stereocenters. The lowest BCUT2D eigenvalue weighted by Crippen LogP contribution is -2.35. The molecule has 0 bridgehead atoms. The number of hydrogen-bond acceptors (Lipinski definition) is 6. The van der Waals surface area contributed by atoms with Crippen LogP contribution in [0.3, 0.4) is 0 Å². The molecule has 0 aliphatic rings. The SMILES string of the molecule is COC(=O)C(C)NP(=O)(CCCNCc1ccc(-c2ccc(C)cc2)c(-c2ccccc2)n1)Oc1ccccc1. The maximum atomic E-state index is 13.7. The van der Waals surface area contributed by atoms with Crippen LogP contribution < -0.4 is 14.9 Å². The highest BCUT2D eigenvalue weighted by molar-refractivity contribution is 7.57. The van der Waals surface area contributed by atoms with E-state index in [-0.39, 0.29) is 6.16 Å². The van der Waals surface area contributed by atoms with Crippen LogP contribution in [0.15, 0.2) is 97.1 Å². The van der Waals surface area contributed by atoms with E-state index in [1.807, 2.05) is 42.5 Å². The normalized spacial score (nSPS) is 13.3. The predicted octanol–water partition coefficient (Wildman–Crippen LogP) is 6.63. The van der Waals surface area contributed by atoms with E-state index >= 15 is 0 Å². The molecule has 1 aromatic heterocycles. The summed E-state index contributed by atoms with van der Waals surface area (Å²) >= 11 is 0. The van der Waals surface area contributed by atoms with Gasteiger partial charge in [0.05, 0.1) is 24.7 Å². The highest BCUT2D eigenvalue weighted by Gasteiger charge is 2.29. The predicted molar refractivity (Wildman–Crippen MR) is 160 cm³/mol. The largest absolute Gasteiger partial charge is 0.468 e. The molecule has 1 heterocycles. The zero-order valence-corrected chi connectivity index (χ0v) is 24.1. The summed E-state index contributed by atoms with van der Waals surface area (Å²) in [5, 5.41) is 6.28. The molecule has 7 nitrogen and oxygen atoms in total. The first-order chi connectivity index (χ1) is 19.4. The summed E-state index contributed by atoms with van der Waals surface area (Å²) in [7, 11) is -2.07. The van der Waals surface area contributed by atoms with Crippen LogP contribution in [0.5, 0.6) is 5.75 Å². The van der Waals surface area contributed by atoms with E-state index in [1.54, 1.807) is 19.1 Å². The number of carbonyl (C=O) groups is 1. The Morgan fingerprint density at radius 3 is 2.25 bits per heavy atom. The molecule has 0 radical (unpaired) electrons. The van der Waals surface area contributed by atoms with Crippen LogP contribution in [0, 0.1) is 6.92 Å². The van der Waals surface area contributed by atoms with E-state index < -0.39 is 19.5 Å².